The van der Waals surface area contributed by atoms with Crippen LogP contribution in [0.1, 0.15) is 45.4 Å². The minimum absolute atomic E-state index is 0.853. The van der Waals surface area contributed by atoms with Gasteiger partial charge in [0, 0.05) is 12.1 Å². The Morgan fingerprint density at radius 1 is 1.00 bits per heavy atom. The lowest BCUT2D eigenvalue weighted by molar-refractivity contribution is 0.0774. The van der Waals surface area contributed by atoms with E-state index in [1.165, 1.54) is 51.6 Å². The monoisotopic (exact) mass is 224 g/mol. The summed E-state index contributed by atoms with van der Waals surface area (Å²) >= 11 is 0. The summed E-state index contributed by atoms with van der Waals surface area (Å²) in [6, 6.07) is 1.73. The molecule has 2 atom stereocenters. The standard InChI is InChI=1S/C14H28N2/c1-12-5-4-6-14(11-12)16(3)13-7-9-15(2)10-8-13/h12-14H,4-11H2,1-3H3. The molecule has 0 radical (unpaired) electrons. The topological polar surface area (TPSA) is 6.48 Å². The van der Waals surface area contributed by atoms with E-state index >= 15 is 0 Å². The molecule has 1 aliphatic carbocycles. The lowest BCUT2D eigenvalue weighted by Crippen LogP contribution is -2.47. The molecule has 1 aliphatic heterocycles. The smallest absolute Gasteiger partial charge is 0.0119 e. The van der Waals surface area contributed by atoms with Crippen LogP contribution in [0.4, 0.5) is 0 Å². The molecule has 2 nitrogen and oxygen atoms in total. The van der Waals surface area contributed by atoms with Gasteiger partial charge in [-0.25, -0.2) is 0 Å². The quantitative estimate of drug-likeness (QED) is 0.711. The van der Waals surface area contributed by atoms with Crippen LogP contribution >= 0.6 is 0 Å². The van der Waals surface area contributed by atoms with E-state index in [0.717, 1.165) is 18.0 Å². The first kappa shape index (κ1) is 12.4. The van der Waals surface area contributed by atoms with Gasteiger partial charge in [0.2, 0.25) is 0 Å². The molecule has 1 saturated carbocycles. The SMILES string of the molecule is CC1CCCC(N(C)C2CCN(C)CC2)C1. The molecule has 2 aliphatic rings. The lowest BCUT2D eigenvalue weighted by Gasteiger charge is -2.42. The molecule has 0 N–H and O–H groups in total. The van der Waals surface area contributed by atoms with Gasteiger partial charge in [-0.2, -0.15) is 0 Å². The Labute approximate surface area is 101 Å². The van der Waals surface area contributed by atoms with Crippen molar-refractivity contribution < 1.29 is 0 Å². The van der Waals surface area contributed by atoms with Crippen LogP contribution in [-0.2, 0) is 0 Å². The molecule has 0 bridgehead atoms. The van der Waals surface area contributed by atoms with E-state index < -0.39 is 0 Å². The van der Waals surface area contributed by atoms with Crippen LogP contribution < -0.4 is 0 Å². The summed E-state index contributed by atoms with van der Waals surface area (Å²) in [7, 11) is 4.62. The number of hydrogen-bond acceptors (Lipinski definition) is 2. The van der Waals surface area contributed by atoms with Crippen molar-refractivity contribution in [3.63, 3.8) is 0 Å². The Bertz CT molecular complexity index is 209. The third-order valence-corrected chi connectivity index (χ3v) is 4.75. The van der Waals surface area contributed by atoms with Crippen molar-refractivity contribution in [3.05, 3.63) is 0 Å². The zero-order valence-electron chi connectivity index (χ0n) is 11.3. The molecule has 0 aromatic heterocycles. The van der Waals surface area contributed by atoms with E-state index in [4.69, 9.17) is 0 Å². The highest BCUT2D eigenvalue weighted by Gasteiger charge is 2.28. The fourth-order valence-corrected chi connectivity index (χ4v) is 3.47. The minimum Gasteiger partial charge on any atom is -0.306 e. The molecule has 2 unspecified atom stereocenters. The second-order valence-electron chi connectivity index (χ2n) is 6.13. The number of likely N-dealkylation sites (tertiary alicyclic amines) is 1. The highest BCUT2D eigenvalue weighted by Crippen LogP contribution is 2.29. The van der Waals surface area contributed by atoms with E-state index in [1.54, 1.807) is 0 Å². The van der Waals surface area contributed by atoms with Gasteiger partial charge in [0.05, 0.1) is 0 Å². The number of piperidine rings is 1. The number of hydrogen-bond donors (Lipinski definition) is 0. The van der Waals surface area contributed by atoms with Gasteiger partial charge in [-0.1, -0.05) is 19.8 Å². The zero-order chi connectivity index (χ0) is 11.5. The number of rotatable bonds is 2. The summed E-state index contributed by atoms with van der Waals surface area (Å²) in [6.45, 7) is 5.00. The van der Waals surface area contributed by atoms with E-state index in [9.17, 15) is 0 Å². The highest BCUT2D eigenvalue weighted by molar-refractivity contribution is 4.84. The van der Waals surface area contributed by atoms with Crippen molar-refractivity contribution >= 4 is 0 Å². The first-order valence-electron chi connectivity index (χ1n) is 7.07. The minimum atomic E-state index is 0.853. The molecule has 0 aromatic rings. The van der Waals surface area contributed by atoms with Crippen molar-refractivity contribution in [3.8, 4) is 0 Å². The summed E-state index contributed by atoms with van der Waals surface area (Å²) in [5, 5.41) is 0. The van der Waals surface area contributed by atoms with Gasteiger partial charge >= 0.3 is 0 Å². The van der Waals surface area contributed by atoms with Gasteiger partial charge in [-0.3, -0.25) is 0 Å². The third-order valence-electron chi connectivity index (χ3n) is 4.75. The van der Waals surface area contributed by atoms with Gasteiger partial charge in [0.25, 0.3) is 0 Å². The maximum atomic E-state index is 2.71. The van der Waals surface area contributed by atoms with Crippen LogP contribution in [-0.4, -0.2) is 49.1 Å². The van der Waals surface area contributed by atoms with Gasteiger partial charge in [0.15, 0.2) is 0 Å². The Hall–Kier alpha value is -0.0800. The molecule has 1 saturated heterocycles. The second kappa shape index (κ2) is 5.50. The Morgan fingerprint density at radius 2 is 1.69 bits per heavy atom. The van der Waals surface area contributed by atoms with Crippen molar-refractivity contribution in [2.45, 2.75) is 57.5 Å². The Kier molecular flexibility index (Phi) is 4.26. The summed E-state index contributed by atoms with van der Waals surface area (Å²) in [6.07, 6.45) is 8.52. The van der Waals surface area contributed by atoms with Crippen LogP contribution in [0.2, 0.25) is 0 Å². The maximum Gasteiger partial charge on any atom is 0.0119 e. The zero-order valence-corrected chi connectivity index (χ0v) is 11.3. The van der Waals surface area contributed by atoms with E-state index in [1.807, 2.05) is 0 Å². The molecule has 0 aromatic carbocycles. The third kappa shape index (κ3) is 2.98. The van der Waals surface area contributed by atoms with Crippen LogP contribution in [0.5, 0.6) is 0 Å². The summed E-state index contributed by atoms with van der Waals surface area (Å²) in [5.41, 5.74) is 0. The summed E-state index contributed by atoms with van der Waals surface area (Å²) in [4.78, 5) is 5.18. The lowest BCUT2D eigenvalue weighted by atomic mass is 9.85. The van der Waals surface area contributed by atoms with Crippen molar-refractivity contribution in [1.29, 1.82) is 0 Å². The second-order valence-corrected chi connectivity index (χ2v) is 6.13. The summed E-state index contributed by atoms with van der Waals surface area (Å²) < 4.78 is 0. The summed E-state index contributed by atoms with van der Waals surface area (Å²) in [5.74, 6) is 0.951. The van der Waals surface area contributed by atoms with E-state index in [0.29, 0.717) is 0 Å². The largest absolute Gasteiger partial charge is 0.306 e. The Balaban J connectivity index is 1.84. The Morgan fingerprint density at radius 3 is 2.31 bits per heavy atom. The van der Waals surface area contributed by atoms with Gasteiger partial charge in [0.1, 0.15) is 0 Å². The first-order chi connectivity index (χ1) is 7.66. The molecular weight excluding hydrogens is 196 g/mol. The van der Waals surface area contributed by atoms with Crippen LogP contribution in [0.3, 0.4) is 0 Å². The molecule has 0 spiro atoms. The molecule has 16 heavy (non-hydrogen) atoms. The van der Waals surface area contributed by atoms with Gasteiger partial charge in [-0.15, -0.1) is 0 Å². The van der Waals surface area contributed by atoms with Gasteiger partial charge in [-0.05, 0) is 58.8 Å². The fourth-order valence-electron chi connectivity index (χ4n) is 3.47. The van der Waals surface area contributed by atoms with Crippen molar-refractivity contribution in [2.24, 2.45) is 5.92 Å². The molecular formula is C14H28N2. The van der Waals surface area contributed by atoms with Crippen LogP contribution in [0, 0.1) is 5.92 Å². The van der Waals surface area contributed by atoms with E-state index in [2.05, 4.69) is 30.8 Å². The molecule has 0 amide bonds. The van der Waals surface area contributed by atoms with Crippen molar-refractivity contribution in [1.82, 2.24) is 9.80 Å². The maximum absolute atomic E-state index is 2.71. The van der Waals surface area contributed by atoms with Crippen molar-refractivity contribution in [2.75, 3.05) is 27.2 Å². The average Bonchev–Trinajstić information content (AvgIpc) is 2.29. The molecule has 1 heterocycles. The van der Waals surface area contributed by atoms with E-state index in [-0.39, 0.29) is 0 Å². The highest BCUT2D eigenvalue weighted by atomic mass is 15.2. The van der Waals surface area contributed by atoms with Gasteiger partial charge < -0.3 is 9.80 Å². The predicted molar refractivity (Wildman–Crippen MR) is 69.7 cm³/mol. The predicted octanol–water partition coefficient (Wildman–Crippen LogP) is 2.59. The number of nitrogens with zero attached hydrogens (tertiary/aromatic N) is 2. The van der Waals surface area contributed by atoms with Crippen LogP contribution in [0.25, 0.3) is 0 Å². The normalized spacial score (nSPS) is 34.5. The molecule has 2 rings (SSSR count). The fraction of sp³-hybridized carbons (Fsp3) is 1.00. The molecule has 94 valence electrons. The average molecular weight is 224 g/mol. The first-order valence-corrected chi connectivity index (χ1v) is 7.07. The molecule has 2 heteroatoms. The molecule has 2 fully saturated rings. The van der Waals surface area contributed by atoms with Crippen LogP contribution in [0.15, 0.2) is 0 Å².